The Hall–Kier alpha value is -1.50. The van der Waals surface area contributed by atoms with Crippen molar-refractivity contribution >= 4 is 11.6 Å². The lowest BCUT2D eigenvalue weighted by atomic mass is 10.2. The van der Waals surface area contributed by atoms with Crippen molar-refractivity contribution in [1.29, 1.82) is 0 Å². The molecule has 2 aliphatic heterocycles. The first kappa shape index (κ1) is 17.3. The van der Waals surface area contributed by atoms with Crippen LogP contribution < -0.4 is 5.32 Å². The van der Waals surface area contributed by atoms with Gasteiger partial charge >= 0.3 is 0 Å². The zero-order valence-electron chi connectivity index (χ0n) is 14.2. The van der Waals surface area contributed by atoms with Crippen LogP contribution in [0, 0.1) is 5.82 Å². The number of benzene rings is 1. The Morgan fingerprint density at radius 1 is 1.33 bits per heavy atom. The summed E-state index contributed by atoms with van der Waals surface area (Å²) in [7, 11) is 0. The predicted octanol–water partition coefficient (Wildman–Crippen LogP) is 1.95. The molecule has 2 aliphatic rings. The average molecular weight is 335 g/mol. The van der Waals surface area contributed by atoms with Gasteiger partial charge in [-0.15, -0.1) is 0 Å². The van der Waals surface area contributed by atoms with Crippen molar-refractivity contribution in [3.05, 3.63) is 30.1 Å². The highest BCUT2D eigenvalue weighted by atomic mass is 19.1. The van der Waals surface area contributed by atoms with Gasteiger partial charge in [0.1, 0.15) is 5.82 Å². The second-order valence-corrected chi connectivity index (χ2v) is 6.62. The van der Waals surface area contributed by atoms with Crippen LogP contribution in [0.2, 0.25) is 0 Å². The second-order valence-electron chi connectivity index (χ2n) is 6.62. The normalized spacial score (nSPS) is 24.0. The molecule has 6 heteroatoms. The van der Waals surface area contributed by atoms with Gasteiger partial charge < -0.3 is 10.1 Å². The molecule has 2 saturated heterocycles. The minimum Gasteiger partial charge on any atom is -0.377 e. The predicted molar refractivity (Wildman–Crippen MR) is 91.5 cm³/mol. The van der Waals surface area contributed by atoms with Gasteiger partial charge in [0.25, 0.3) is 0 Å². The smallest absolute Gasteiger partial charge is 0.241 e. The van der Waals surface area contributed by atoms with Crippen LogP contribution >= 0.6 is 0 Å². The number of amides is 1. The lowest BCUT2D eigenvalue weighted by molar-refractivity contribution is -0.121. The Morgan fingerprint density at radius 3 is 2.75 bits per heavy atom. The summed E-state index contributed by atoms with van der Waals surface area (Å²) in [6.45, 7) is 7.33. The first-order valence-electron chi connectivity index (χ1n) is 8.77. The van der Waals surface area contributed by atoms with Crippen molar-refractivity contribution < 1.29 is 13.9 Å². The standard InChI is InChI=1S/C18H26FN3O2/c1-14(18(23)20-17-7-3-2-6-16(17)19)22-10-8-21(9-11-22)13-15-5-4-12-24-15/h2-3,6-7,14-15H,4-5,8-13H2,1H3,(H,20,23)/t14-,15+/m1/s1. The summed E-state index contributed by atoms with van der Waals surface area (Å²) in [5.74, 6) is -0.563. The molecule has 1 aromatic carbocycles. The number of hydrogen-bond donors (Lipinski definition) is 1. The molecule has 2 atom stereocenters. The summed E-state index contributed by atoms with van der Waals surface area (Å²) in [6, 6.07) is 5.99. The van der Waals surface area contributed by atoms with Crippen molar-refractivity contribution in [2.75, 3.05) is 44.6 Å². The molecule has 1 amide bonds. The third-order valence-electron chi connectivity index (χ3n) is 4.95. The molecule has 2 fully saturated rings. The summed E-state index contributed by atoms with van der Waals surface area (Å²) in [5, 5.41) is 2.69. The fraction of sp³-hybridized carbons (Fsp3) is 0.611. The van der Waals surface area contributed by atoms with Crippen LogP contribution in [-0.4, -0.2) is 67.2 Å². The van der Waals surface area contributed by atoms with Gasteiger partial charge in [0, 0.05) is 39.3 Å². The average Bonchev–Trinajstić information content (AvgIpc) is 3.10. The third-order valence-corrected chi connectivity index (χ3v) is 4.95. The first-order valence-corrected chi connectivity index (χ1v) is 8.77. The Kier molecular flexibility index (Phi) is 5.81. The van der Waals surface area contributed by atoms with Crippen molar-refractivity contribution in [2.45, 2.75) is 31.9 Å². The molecule has 1 aromatic rings. The van der Waals surface area contributed by atoms with Crippen LogP contribution in [0.25, 0.3) is 0 Å². The second kappa shape index (κ2) is 8.05. The zero-order valence-corrected chi connectivity index (χ0v) is 14.2. The maximum atomic E-state index is 13.7. The van der Waals surface area contributed by atoms with E-state index < -0.39 is 5.82 Å². The Labute approximate surface area is 142 Å². The number of anilines is 1. The number of nitrogens with one attached hydrogen (secondary N) is 1. The van der Waals surface area contributed by atoms with Crippen molar-refractivity contribution in [2.24, 2.45) is 0 Å². The van der Waals surface area contributed by atoms with Crippen molar-refractivity contribution in [3.8, 4) is 0 Å². The number of hydrogen-bond acceptors (Lipinski definition) is 4. The monoisotopic (exact) mass is 335 g/mol. The summed E-state index contributed by atoms with van der Waals surface area (Å²) >= 11 is 0. The first-order chi connectivity index (χ1) is 11.6. The number of carbonyl (C=O) groups excluding carboxylic acids is 1. The highest BCUT2D eigenvalue weighted by molar-refractivity contribution is 5.94. The Balaban J connectivity index is 1.46. The van der Waals surface area contributed by atoms with E-state index in [0.717, 1.165) is 52.2 Å². The van der Waals surface area contributed by atoms with Gasteiger partial charge in [0.05, 0.1) is 17.8 Å². The number of nitrogens with zero attached hydrogens (tertiary/aromatic N) is 2. The van der Waals surface area contributed by atoms with Crippen LogP contribution in [0.5, 0.6) is 0 Å². The van der Waals surface area contributed by atoms with E-state index in [1.165, 1.54) is 6.07 Å². The number of piperazine rings is 1. The highest BCUT2D eigenvalue weighted by Crippen LogP contribution is 2.16. The minimum atomic E-state index is -0.403. The van der Waals surface area contributed by atoms with Gasteiger partial charge in [-0.3, -0.25) is 14.6 Å². The molecule has 2 heterocycles. The van der Waals surface area contributed by atoms with Crippen molar-refractivity contribution in [3.63, 3.8) is 0 Å². The summed E-state index contributed by atoms with van der Waals surface area (Å²) < 4.78 is 19.3. The molecule has 3 rings (SSSR count). The van der Waals surface area contributed by atoms with Gasteiger partial charge in [-0.2, -0.15) is 0 Å². The van der Waals surface area contributed by atoms with Gasteiger partial charge in [-0.1, -0.05) is 12.1 Å². The molecule has 0 unspecified atom stereocenters. The summed E-state index contributed by atoms with van der Waals surface area (Å²) in [6.07, 6.45) is 2.69. The number of carbonyl (C=O) groups is 1. The molecule has 24 heavy (non-hydrogen) atoms. The van der Waals surface area contributed by atoms with E-state index in [4.69, 9.17) is 4.74 Å². The Morgan fingerprint density at radius 2 is 2.08 bits per heavy atom. The summed E-state index contributed by atoms with van der Waals surface area (Å²) in [4.78, 5) is 16.9. The van der Waals surface area contributed by atoms with Crippen LogP contribution in [0.3, 0.4) is 0 Å². The highest BCUT2D eigenvalue weighted by Gasteiger charge is 2.27. The number of halogens is 1. The molecule has 5 nitrogen and oxygen atoms in total. The van der Waals surface area contributed by atoms with E-state index >= 15 is 0 Å². The third kappa shape index (κ3) is 4.32. The van der Waals surface area contributed by atoms with Gasteiger partial charge in [-0.25, -0.2) is 4.39 Å². The SMILES string of the molecule is C[C@H](C(=O)Nc1ccccc1F)N1CCN(C[C@@H]2CCCO2)CC1. The molecule has 132 valence electrons. The van der Waals surface area contributed by atoms with E-state index in [1.54, 1.807) is 18.2 Å². The molecule has 0 saturated carbocycles. The largest absolute Gasteiger partial charge is 0.377 e. The molecule has 0 aliphatic carbocycles. The molecule has 0 spiro atoms. The van der Waals surface area contributed by atoms with E-state index in [-0.39, 0.29) is 17.6 Å². The molecule has 0 bridgehead atoms. The number of rotatable bonds is 5. The number of ether oxygens (including phenoxy) is 1. The lowest BCUT2D eigenvalue weighted by Gasteiger charge is -2.38. The fourth-order valence-corrected chi connectivity index (χ4v) is 3.38. The van der Waals surface area contributed by atoms with E-state index in [1.807, 2.05) is 6.92 Å². The Bertz CT molecular complexity index is 555. The maximum Gasteiger partial charge on any atom is 0.241 e. The van der Waals surface area contributed by atoms with Crippen LogP contribution in [0.4, 0.5) is 10.1 Å². The number of para-hydroxylation sites is 1. The fourth-order valence-electron chi connectivity index (χ4n) is 3.38. The minimum absolute atomic E-state index is 0.160. The molecular formula is C18H26FN3O2. The zero-order chi connectivity index (χ0) is 16.9. The molecule has 1 N–H and O–H groups in total. The van der Waals surface area contributed by atoms with Gasteiger partial charge in [0.15, 0.2) is 0 Å². The maximum absolute atomic E-state index is 13.7. The topological polar surface area (TPSA) is 44.8 Å². The summed E-state index contributed by atoms with van der Waals surface area (Å²) in [5.41, 5.74) is 0.242. The quantitative estimate of drug-likeness (QED) is 0.893. The van der Waals surface area contributed by atoms with Crippen LogP contribution in [-0.2, 0) is 9.53 Å². The van der Waals surface area contributed by atoms with Gasteiger partial charge in [0.2, 0.25) is 5.91 Å². The van der Waals surface area contributed by atoms with Crippen molar-refractivity contribution in [1.82, 2.24) is 9.80 Å². The lowest BCUT2D eigenvalue weighted by Crippen LogP contribution is -2.53. The van der Waals surface area contributed by atoms with E-state index in [9.17, 15) is 9.18 Å². The molecule has 0 aromatic heterocycles. The van der Waals surface area contributed by atoms with Crippen LogP contribution in [0.1, 0.15) is 19.8 Å². The van der Waals surface area contributed by atoms with Crippen LogP contribution in [0.15, 0.2) is 24.3 Å². The van der Waals surface area contributed by atoms with Gasteiger partial charge in [-0.05, 0) is 31.9 Å². The van der Waals surface area contributed by atoms with E-state index in [2.05, 4.69) is 15.1 Å². The molecular weight excluding hydrogens is 309 g/mol. The molecule has 0 radical (unpaired) electrons. The van der Waals surface area contributed by atoms with E-state index in [0.29, 0.717) is 6.10 Å².